The van der Waals surface area contributed by atoms with Gasteiger partial charge in [-0.2, -0.15) is 0 Å². The largest absolute Gasteiger partial charge is 0.508 e. The van der Waals surface area contributed by atoms with Crippen LogP contribution in [0.15, 0.2) is 24.3 Å². The molecule has 0 aromatic heterocycles. The van der Waals surface area contributed by atoms with Gasteiger partial charge in [-0.25, -0.2) is 0 Å². The lowest BCUT2D eigenvalue weighted by molar-refractivity contribution is -0.141. The first-order valence-corrected chi connectivity index (χ1v) is 6.39. The molecule has 0 radical (unpaired) electrons. The molecule has 1 aromatic carbocycles. The molecule has 108 valence electrons. The molecule has 0 aliphatic carbocycles. The number of anilines is 1. The number of rotatable bonds is 4. The van der Waals surface area contributed by atoms with Crippen molar-refractivity contribution in [3.63, 3.8) is 0 Å². The zero-order valence-electron chi connectivity index (χ0n) is 11.2. The number of phenols is 1. The van der Waals surface area contributed by atoms with E-state index < -0.39 is 18.1 Å². The van der Waals surface area contributed by atoms with Crippen LogP contribution >= 0.6 is 0 Å². The van der Waals surface area contributed by atoms with Gasteiger partial charge in [0.15, 0.2) is 0 Å². The van der Waals surface area contributed by atoms with Crippen molar-refractivity contribution in [2.24, 2.45) is 0 Å². The molecular formula is C14H17NO5. The zero-order chi connectivity index (χ0) is 14.8. The van der Waals surface area contributed by atoms with Gasteiger partial charge in [-0.1, -0.05) is 0 Å². The van der Waals surface area contributed by atoms with Crippen LogP contribution in [0.5, 0.6) is 5.75 Å². The summed E-state index contributed by atoms with van der Waals surface area (Å²) in [5.41, 5.74) is -0.556. The van der Waals surface area contributed by atoms with E-state index in [0.717, 1.165) is 6.42 Å². The Balaban J connectivity index is 2.29. The number of nitrogens with zero attached hydrogens (tertiary/aromatic N) is 1. The Morgan fingerprint density at radius 3 is 2.50 bits per heavy atom. The number of carboxylic acids is 1. The number of benzene rings is 1. The van der Waals surface area contributed by atoms with Crippen molar-refractivity contribution in [2.45, 2.75) is 25.4 Å². The molecule has 1 saturated heterocycles. The summed E-state index contributed by atoms with van der Waals surface area (Å²) in [6, 6.07) is 5.84. The number of aromatic hydroxyl groups is 1. The molecule has 1 atom stereocenters. The van der Waals surface area contributed by atoms with Gasteiger partial charge in [0.2, 0.25) is 0 Å². The second kappa shape index (κ2) is 5.50. The molecule has 1 aliphatic rings. The number of hydrogen-bond donors (Lipinski definition) is 2. The van der Waals surface area contributed by atoms with Crippen molar-refractivity contribution in [3.8, 4) is 5.75 Å². The molecule has 1 fully saturated rings. The maximum Gasteiger partial charge on any atom is 0.323 e. The summed E-state index contributed by atoms with van der Waals surface area (Å²) in [5.74, 6) is -1.42. The second-order valence-electron chi connectivity index (χ2n) is 4.98. The first kappa shape index (κ1) is 14.3. The van der Waals surface area contributed by atoms with E-state index in [1.807, 2.05) is 0 Å². The second-order valence-corrected chi connectivity index (χ2v) is 4.98. The summed E-state index contributed by atoms with van der Waals surface area (Å²) in [7, 11) is 0. The molecule has 1 unspecified atom stereocenters. The lowest BCUT2D eigenvalue weighted by Crippen LogP contribution is -2.48. The normalized spacial score (nSPS) is 21.6. The summed E-state index contributed by atoms with van der Waals surface area (Å²) in [6.45, 7) is 1.74. The molecular weight excluding hydrogens is 262 g/mol. The number of carbonyl (C=O) groups excluding carboxylic acids is 1. The third-order valence-electron chi connectivity index (χ3n) is 3.37. The van der Waals surface area contributed by atoms with Gasteiger partial charge >= 0.3 is 5.97 Å². The molecule has 6 heteroatoms. The molecule has 6 nitrogen and oxygen atoms in total. The first-order chi connectivity index (χ1) is 9.42. The van der Waals surface area contributed by atoms with Crippen LogP contribution in [0.1, 0.15) is 19.8 Å². The Hall–Kier alpha value is -2.08. The molecule has 1 aliphatic heterocycles. The standard InChI is InChI=1S/C14H17NO5/c1-14(7-2-8-20-14)13(19)15(9-12(17)18)10-3-5-11(16)6-4-10/h3-6,16H,2,7-9H2,1H3,(H,17,18). The summed E-state index contributed by atoms with van der Waals surface area (Å²) >= 11 is 0. The highest BCUT2D eigenvalue weighted by Crippen LogP contribution is 2.30. The van der Waals surface area contributed by atoms with E-state index in [0.29, 0.717) is 18.7 Å². The topological polar surface area (TPSA) is 87.1 Å². The highest BCUT2D eigenvalue weighted by molar-refractivity contribution is 6.02. The molecule has 0 saturated carbocycles. The van der Waals surface area contributed by atoms with Crippen LogP contribution in [-0.2, 0) is 14.3 Å². The minimum atomic E-state index is -1.10. The van der Waals surface area contributed by atoms with Gasteiger partial charge < -0.3 is 14.9 Å². The molecule has 0 bridgehead atoms. The molecule has 0 spiro atoms. The lowest BCUT2D eigenvalue weighted by atomic mass is 10.0. The highest BCUT2D eigenvalue weighted by Gasteiger charge is 2.41. The monoisotopic (exact) mass is 279 g/mol. The Bertz CT molecular complexity index is 505. The van der Waals surface area contributed by atoms with E-state index >= 15 is 0 Å². The highest BCUT2D eigenvalue weighted by atomic mass is 16.5. The third-order valence-corrected chi connectivity index (χ3v) is 3.37. The maximum absolute atomic E-state index is 12.6. The van der Waals surface area contributed by atoms with Crippen LogP contribution in [0.3, 0.4) is 0 Å². The number of aliphatic carboxylic acids is 1. The predicted molar refractivity (Wildman–Crippen MR) is 71.7 cm³/mol. The Morgan fingerprint density at radius 1 is 1.35 bits per heavy atom. The van der Waals surface area contributed by atoms with Gasteiger partial charge in [0, 0.05) is 12.3 Å². The lowest BCUT2D eigenvalue weighted by Gasteiger charge is -2.30. The summed E-state index contributed by atoms with van der Waals surface area (Å²) in [4.78, 5) is 24.7. The zero-order valence-corrected chi connectivity index (χ0v) is 11.2. The van der Waals surface area contributed by atoms with E-state index in [2.05, 4.69) is 0 Å². The van der Waals surface area contributed by atoms with E-state index in [1.165, 1.54) is 29.2 Å². The van der Waals surface area contributed by atoms with Crippen molar-refractivity contribution < 1.29 is 24.5 Å². The van der Waals surface area contributed by atoms with E-state index in [4.69, 9.17) is 9.84 Å². The fraction of sp³-hybridized carbons (Fsp3) is 0.429. The fourth-order valence-electron chi connectivity index (χ4n) is 2.28. The first-order valence-electron chi connectivity index (χ1n) is 6.39. The van der Waals surface area contributed by atoms with Crippen LogP contribution in [0, 0.1) is 0 Å². The van der Waals surface area contributed by atoms with Gasteiger partial charge in [-0.05, 0) is 44.0 Å². The van der Waals surface area contributed by atoms with Crippen molar-refractivity contribution in [1.29, 1.82) is 0 Å². The number of ether oxygens (including phenoxy) is 1. The SMILES string of the molecule is CC1(C(=O)N(CC(=O)O)c2ccc(O)cc2)CCCO1. The van der Waals surface area contributed by atoms with Crippen molar-refractivity contribution in [2.75, 3.05) is 18.1 Å². The summed E-state index contributed by atoms with van der Waals surface area (Å²) in [5, 5.41) is 18.3. The maximum atomic E-state index is 12.6. The molecule has 20 heavy (non-hydrogen) atoms. The average molecular weight is 279 g/mol. The van der Waals surface area contributed by atoms with E-state index in [-0.39, 0.29) is 11.7 Å². The summed E-state index contributed by atoms with van der Waals surface area (Å²) in [6.07, 6.45) is 1.35. The fourth-order valence-corrected chi connectivity index (χ4v) is 2.28. The van der Waals surface area contributed by atoms with Gasteiger partial charge in [0.05, 0.1) is 0 Å². The van der Waals surface area contributed by atoms with Crippen LogP contribution in [-0.4, -0.2) is 40.8 Å². The minimum Gasteiger partial charge on any atom is -0.508 e. The van der Waals surface area contributed by atoms with Gasteiger partial charge in [-0.15, -0.1) is 0 Å². The minimum absolute atomic E-state index is 0.0554. The Morgan fingerprint density at radius 2 is 2.00 bits per heavy atom. The summed E-state index contributed by atoms with van der Waals surface area (Å²) < 4.78 is 5.48. The quantitative estimate of drug-likeness (QED) is 0.869. The molecule has 2 N–H and O–H groups in total. The Labute approximate surface area is 116 Å². The third kappa shape index (κ3) is 2.91. The van der Waals surface area contributed by atoms with Crippen molar-refractivity contribution in [1.82, 2.24) is 0 Å². The van der Waals surface area contributed by atoms with Crippen molar-refractivity contribution >= 4 is 17.6 Å². The number of phenolic OH excluding ortho intramolecular Hbond substituents is 1. The van der Waals surface area contributed by atoms with Crippen LogP contribution < -0.4 is 4.90 Å². The van der Waals surface area contributed by atoms with E-state index in [9.17, 15) is 14.7 Å². The van der Waals surface area contributed by atoms with Gasteiger partial charge in [0.1, 0.15) is 17.9 Å². The molecule has 1 aromatic rings. The average Bonchev–Trinajstić information content (AvgIpc) is 2.84. The van der Waals surface area contributed by atoms with Crippen LogP contribution in [0.4, 0.5) is 5.69 Å². The smallest absolute Gasteiger partial charge is 0.323 e. The van der Waals surface area contributed by atoms with Crippen LogP contribution in [0.25, 0.3) is 0 Å². The predicted octanol–water partition coefficient (Wildman–Crippen LogP) is 1.38. The number of carbonyl (C=O) groups is 2. The molecule has 1 heterocycles. The number of hydrogen-bond acceptors (Lipinski definition) is 4. The molecule has 2 rings (SSSR count). The number of carboxylic acid groups (broad SMARTS) is 1. The van der Waals surface area contributed by atoms with Gasteiger partial charge in [0.25, 0.3) is 5.91 Å². The van der Waals surface area contributed by atoms with Crippen LogP contribution in [0.2, 0.25) is 0 Å². The van der Waals surface area contributed by atoms with E-state index in [1.54, 1.807) is 6.92 Å². The molecule has 1 amide bonds. The Kier molecular flexibility index (Phi) is 3.94. The van der Waals surface area contributed by atoms with Crippen molar-refractivity contribution in [3.05, 3.63) is 24.3 Å². The number of amides is 1. The van der Waals surface area contributed by atoms with Gasteiger partial charge in [-0.3, -0.25) is 14.5 Å².